The molecule has 6 heavy (non-hydrogen) atoms. The summed E-state index contributed by atoms with van der Waals surface area (Å²) in [5, 5.41) is 0. The summed E-state index contributed by atoms with van der Waals surface area (Å²) >= 11 is 0. The van der Waals surface area contributed by atoms with E-state index in [1.165, 1.54) is 0 Å². The van der Waals surface area contributed by atoms with Gasteiger partial charge < -0.3 is 0 Å². The molecule has 0 spiro atoms. The molecule has 0 bridgehead atoms. The Kier molecular flexibility index (Phi) is 2.09. The molecule has 0 saturated heterocycles. The highest BCUT2D eigenvalue weighted by Crippen LogP contribution is 2.36. The first-order chi connectivity index (χ1) is 2.56. The maximum Gasteiger partial charge on any atom is -0.000861 e. The third-order valence-electron chi connectivity index (χ3n) is 0.274. The Morgan fingerprint density at radius 2 is 1.50 bits per heavy atom. The van der Waals surface area contributed by atoms with Gasteiger partial charge in [0.2, 0.25) is 0 Å². The van der Waals surface area contributed by atoms with Gasteiger partial charge in [-0.2, -0.15) is 10.2 Å². The van der Waals surface area contributed by atoms with Crippen molar-refractivity contribution in [3.63, 3.8) is 0 Å². The smallest absolute Gasteiger partial charge is 0.000861 e. The Morgan fingerprint density at radius 1 is 1.33 bits per heavy atom. The van der Waals surface area contributed by atoms with Gasteiger partial charge in [-0.1, -0.05) is 0 Å². The largest absolute Gasteiger partial charge is 0.225 e. The average Bonchev–Trinajstić information content (AvgIpc) is 1.35. The van der Waals surface area contributed by atoms with Crippen molar-refractivity contribution in [2.75, 3.05) is 18.8 Å². The fraction of sp³-hybridized carbons (Fsp3) is 1.00. The van der Waals surface area contributed by atoms with E-state index in [1.54, 1.807) is 0 Å². The van der Waals surface area contributed by atoms with Gasteiger partial charge in [0.25, 0.3) is 0 Å². The van der Waals surface area contributed by atoms with Gasteiger partial charge in [0.15, 0.2) is 0 Å². The lowest BCUT2D eigenvalue weighted by atomic mass is 11.9. The SMILES string of the molecule is CS(C)(C)N=P. The van der Waals surface area contributed by atoms with Gasteiger partial charge in [0.1, 0.15) is 0 Å². The molecule has 1 nitrogen and oxygen atoms in total. The van der Waals surface area contributed by atoms with Gasteiger partial charge >= 0.3 is 0 Å². The second-order valence-corrected chi connectivity index (χ2v) is 6.14. The molecule has 3 heteroatoms. The predicted molar refractivity (Wildman–Crippen MR) is 36.1 cm³/mol. The van der Waals surface area contributed by atoms with Crippen molar-refractivity contribution in [2.45, 2.75) is 0 Å². The van der Waals surface area contributed by atoms with Crippen molar-refractivity contribution in [3.8, 4) is 0 Å². The maximum absolute atomic E-state index is 3.91. The van der Waals surface area contributed by atoms with Crippen LogP contribution in [0.25, 0.3) is 0 Å². The van der Waals surface area contributed by atoms with Crippen molar-refractivity contribution in [3.05, 3.63) is 0 Å². The van der Waals surface area contributed by atoms with Crippen molar-refractivity contribution in [1.29, 1.82) is 0 Å². The second kappa shape index (κ2) is 1.94. The van der Waals surface area contributed by atoms with Crippen LogP contribution in [0.15, 0.2) is 4.15 Å². The van der Waals surface area contributed by atoms with Crippen molar-refractivity contribution in [2.24, 2.45) is 4.15 Å². The molecule has 0 aliphatic heterocycles. The zero-order valence-electron chi connectivity index (χ0n) is 4.36. The van der Waals surface area contributed by atoms with E-state index in [4.69, 9.17) is 0 Å². The number of hydrogen-bond donors (Lipinski definition) is 0. The fourth-order valence-corrected chi connectivity index (χ4v) is 0. The quantitative estimate of drug-likeness (QED) is 0.472. The maximum atomic E-state index is 3.91. The first-order valence-corrected chi connectivity index (χ1v) is 4.89. The van der Waals surface area contributed by atoms with Gasteiger partial charge in [-0.05, 0) is 27.8 Å². The molecule has 38 valence electrons. The van der Waals surface area contributed by atoms with E-state index in [-0.39, 0.29) is 0 Å². The summed E-state index contributed by atoms with van der Waals surface area (Å²) in [4.78, 5) is 0. The molecule has 0 atom stereocenters. The summed E-state index contributed by atoms with van der Waals surface area (Å²) in [6.07, 6.45) is 6.33. The molecule has 0 aliphatic rings. The van der Waals surface area contributed by atoms with Crippen LogP contribution in [-0.2, 0) is 0 Å². The number of nitrogens with zero attached hydrogens (tertiary/aromatic N) is 1. The summed E-state index contributed by atoms with van der Waals surface area (Å²) in [6.45, 7) is 0. The highest BCUT2D eigenvalue weighted by molar-refractivity contribution is 8.31. The lowest BCUT2D eigenvalue weighted by Crippen LogP contribution is -1.79. The zero-order chi connectivity index (χ0) is 5.21. The highest BCUT2D eigenvalue weighted by atomic mass is 32.3. The third kappa shape index (κ3) is 4.45. The van der Waals surface area contributed by atoms with Crippen LogP contribution >= 0.6 is 19.2 Å². The van der Waals surface area contributed by atoms with Crippen molar-refractivity contribution >= 4 is 19.2 Å². The second-order valence-electron chi connectivity index (χ2n) is 1.86. The van der Waals surface area contributed by atoms with Crippen LogP contribution in [0, 0.1) is 0 Å². The van der Waals surface area contributed by atoms with E-state index in [1.807, 2.05) is 0 Å². The third-order valence-corrected chi connectivity index (χ3v) is 2.46. The molecule has 0 aliphatic carbocycles. The van der Waals surface area contributed by atoms with Gasteiger partial charge in [-0.15, -0.1) is 0 Å². The van der Waals surface area contributed by atoms with Gasteiger partial charge in [0, 0.05) is 0 Å². The van der Waals surface area contributed by atoms with Crippen LogP contribution < -0.4 is 0 Å². The van der Waals surface area contributed by atoms with Gasteiger partial charge in [-0.3, -0.25) is 0 Å². The molecule has 0 radical (unpaired) electrons. The monoisotopic (exact) mass is 123 g/mol. The Labute approximate surface area is 42.9 Å². The normalized spacial score (nSPS) is 13.8. The van der Waals surface area contributed by atoms with Crippen LogP contribution in [0.1, 0.15) is 0 Å². The summed E-state index contributed by atoms with van der Waals surface area (Å²) < 4.78 is 3.91. The molecule has 0 amide bonds. The first kappa shape index (κ1) is 6.45. The van der Waals surface area contributed by atoms with E-state index >= 15 is 0 Å². The van der Waals surface area contributed by atoms with Crippen LogP contribution in [0.4, 0.5) is 0 Å². The molecule has 0 unspecified atom stereocenters. The summed E-state index contributed by atoms with van der Waals surface area (Å²) in [6, 6.07) is 0. The predicted octanol–water partition coefficient (Wildman–Crippen LogP) is 1.92. The Hall–Kier alpha value is 0.450. The molecule has 0 heterocycles. The van der Waals surface area contributed by atoms with Crippen molar-refractivity contribution < 1.29 is 0 Å². The first-order valence-electron chi connectivity index (χ1n) is 1.63. The minimum Gasteiger partial charge on any atom is -0.225 e. The Morgan fingerprint density at radius 3 is 1.50 bits per heavy atom. The molecule has 0 aromatic heterocycles. The number of rotatable bonds is 1. The van der Waals surface area contributed by atoms with Gasteiger partial charge in [-0.25, -0.2) is 4.15 Å². The summed E-state index contributed by atoms with van der Waals surface area (Å²) in [5.41, 5.74) is 0. The minimum atomic E-state index is -0.623. The van der Waals surface area contributed by atoms with Crippen LogP contribution in [-0.4, -0.2) is 18.8 Å². The van der Waals surface area contributed by atoms with Crippen LogP contribution in [0.2, 0.25) is 0 Å². The van der Waals surface area contributed by atoms with E-state index in [0.29, 0.717) is 0 Å². The Bertz CT molecular complexity index is 56.3. The fourth-order valence-electron chi connectivity index (χ4n) is 0. The lowest BCUT2D eigenvalue weighted by Gasteiger charge is -2.15. The van der Waals surface area contributed by atoms with E-state index in [2.05, 4.69) is 31.9 Å². The molecule has 0 fully saturated rings. The van der Waals surface area contributed by atoms with E-state index in [0.717, 1.165) is 0 Å². The summed E-state index contributed by atoms with van der Waals surface area (Å²) in [7, 11) is 2.45. The molecule has 0 aromatic carbocycles. The average molecular weight is 123 g/mol. The number of hydrogen-bond acceptors (Lipinski definition) is 1. The van der Waals surface area contributed by atoms with Gasteiger partial charge in [0.05, 0.1) is 0 Å². The molecule has 0 rings (SSSR count). The topological polar surface area (TPSA) is 12.4 Å². The molecule has 0 aromatic rings. The lowest BCUT2D eigenvalue weighted by molar-refractivity contribution is 1.89. The van der Waals surface area contributed by atoms with Crippen molar-refractivity contribution in [1.82, 2.24) is 0 Å². The standard InChI is InChI=1S/C3H10NPS/c1-6(2,3)4-5/h5H,1-3H3. The molecular formula is C3H10NPS. The van der Waals surface area contributed by atoms with E-state index < -0.39 is 10.2 Å². The molecular weight excluding hydrogens is 113 g/mol. The molecule has 0 N–H and O–H groups in total. The molecule has 0 saturated carbocycles. The van der Waals surface area contributed by atoms with Crippen LogP contribution in [0.3, 0.4) is 0 Å². The minimum absolute atomic E-state index is 0.623. The van der Waals surface area contributed by atoms with E-state index in [9.17, 15) is 0 Å². The van der Waals surface area contributed by atoms with Crippen LogP contribution in [0.5, 0.6) is 0 Å². The zero-order valence-corrected chi connectivity index (χ0v) is 6.17. The highest BCUT2D eigenvalue weighted by Gasteiger charge is 1.93. The summed E-state index contributed by atoms with van der Waals surface area (Å²) in [5.74, 6) is 0. The Balaban J connectivity index is 3.45.